The predicted octanol–water partition coefficient (Wildman–Crippen LogP) is 3.45. The van der Waals surface area contributed by atoms with Crippen LogP contribution < -0.4 is 25.1 Å². The van der Waals surface area contributed by atoms with Crippen LogP contribution in [0.15, 0.2) is 52.8 Å². The molecule has 0 aliphatic carbocycles. The zero-order valence-electron chi connectivity index (χ0n) is 19.7. The average Bonchev–Trinajstić information content (AvgIpc) is 3.06. The summed E-state index contributed by atoms with van der Waals surface area (Å²) in [6, 6.07) is 14.2. The van der Waals surface area contributed by atoms with Crippen LogP contribution in [0, 0.1) is 18.3 Å². The second kappa shape index (κ2) is 10.4. The lowest BCUT2D eigenvalue weighted by atomic mass is 10.1. The molecule has 1 N–H and O–H groups in total. The maximum Gasteiger partial charge on any atom is 0.295 e. The first-order chi connectivity index (χ1) is 16.4. The molecule has 0 aliphatic rings. The third-order valence-corrected chi connectivity index (χ3v) is 5.24. The Hall–Kier alpha value is -4.45. The first-order valence-corrected chi connectivity index (χ1v) is 10.5. The van der Waals surface area contributed by atoms with Crippen molar-refractivity contribution in [3.05, 3.63) is 69.6 Å². The van der Waals surface area contributed by atoms with Crippen molar-refractivity contribution in [2.24, 2.45) is 7.05 Å². The van der Waals surface area contributed by atoms with E-state index in [2.05, 4.69) is 5.32 Å². The zero-order valence-corrected chi connectivity index (χ0v) is 19.7. The average molecular weight is 463 g/mol. The van der Waals surface area contributed by atoms with E-state index in [0.717, 1.165) is 0 Å². The van der Waals surface area contributed by atoms with Gasteiger partial charge >= 0.3 is 0 Å². The molecule has 0 saturated heterocycles. The van der Waals surface area contributed by atoms with Gasteiger partial charge in [-0.3, -0.25) is 14.3 Å². The standard InChI is InChI=1S/C25H26N4O5/c1-6-34-23-20(32-4)13-17(14-21(23)33-5)12-18(15-26)24(30)27-22-16(2)28(3)29(25(22)31)19-10-8-7-9-11-19/h7-14H,6H2,1-5H3,(H,27,30)/b18-12-. The largest absolute Gasteiger partial charge is 0.493 e. The highest BCUT2D eigenvalue weighted by Crippen LogP contribution is 2.39. The van der Waals surface area contributed by atoms with Gasteiger partial charge in [-0.2, -0.15) is 5.26 Å². The van der Waals surface area contributed by atoms with Crippen molar-refractivity contribution in [3.8, 4) is 29.0 Å². The lowest BCUT2D eigenvalue weighted by Crippen LogP contribution is -2.23. The number of amides is 1. The highest BCUT2D eigenvalue weighted by atomic mass is 16.5. The predicted molar refractivity (Wildman–Crippen MR) is 129 cm³/mol. The fourth-order valence-corrected chi connectivity index (χ4v) is 3.48. The zero-order chi connectivity index (χ0) is 24.8. The van der Waals surface area contributed by atoms with Crippen molar-refractivity contribution >= 4 is 17.7 Å². The number of carbonyl (C=O) groups is 1. The van der Waals surface area contributed by atoms with Gasteiger partial charge in [0.25, 0.3) is 11.5 Å². The van der Waals surface area contributed by atoms with Gasteiger partial charge < -0.3 is 19.5 Å². The van der Waals surface area contributed by atoms with E-state index in [9.17, 15) is 14.9 Å². The number of hydrogen-bond donors (Lipinski definition) is 1. The van der Waals surface area contributed by atoms with E-state index in [1.807, 2.05) is 31.2 Å². The van der Waals surface area contributed by atoms with E-state index in [1.165, 1.54) is 25.0 Å². The minimum Gasteiger partial charge on any atom is -0.493 e. The molecule has 3 rings (SSSR count). The first-order valence-electron chi connectivity index (χ1n) is 10.5. The van der Waals surface area contributed by atoms with Crippen LogP contribution in [0.2, 0.25) is 0 Å². The summed E-state index contributed by atoms with van der Waals surface area (Å²) in [6.07, 6.45) is 1.39. The summed E-state index contributed by atoms with van der Waals surface area (Å²) >= 11 is 0. The van der Waals surface area contributed by atoms with Crippen LogP contribution in [0.1, 0.15) is 18.2 Å². The van der Waals surface area contributed by atoms with Crippen LogP contribution >= 0.6 is 0 Å². The molecular weight excluding hydrogens is 436 g/mol. The molecule has 176 valence electrons. The number of rotatable bonds is 8. The number of nitrogens with one attached hydrogen (secondary N) is 1. The van der Waals surface area contributed by atoms with Gasteiger partial charge in [-0.25, -0.2) is 4.68 Å². The van der Waals surface area contributed by atoms with Crippen molar-refractivity contribution in [3.63, 3.8) is 0 Å². The number of nitrogens with zero attached hydrogens (tertiary/aromatic N) is 3. The normalized spacial score (nSPS) is 11.0. The lowest BCUT2D eigenvalue weighted by molar-refractivity contribution is -0.112. The number of benzene rings is 2. The van der Waals surface area contributed by atoms with Gasteiger partial charge in [0.2, 0.25) is 5.75 Å². The number of hydrogen-bond acceptors (Lipinski definition) is 6. The molecule has 9 nitrogen and oxygen atoms in total. The van der Waals surface area contributed by atoms with Crippen LogP contribution in [0.5, 0.6) is 17.2 Å². The van der Waals surface area contributed by atoms with Gasteiger partial charge in [-0.1, -0.05) is 18.2 Å². The monoisotopic (exact) mass is 462 g/mol. The van der Waals surface area contributed by atoms with Gasteiger partial charge in [-0.15, -0.1) is 0 Å². The highest BCUT2D eigenvalue weighted by molar-refractivity contribution is 6.09. The topological polar surface area (TPSA) is 108 Å². The minimum atomic E-state index is -0.708. The lowest BCUT2D eigenvalue weighted by Gasteiger charge is -2.14. The molecule has 0 aliphatic heterocycles. The van der Waals surface area contributed by atoms with Gasteiger partial charge in [0.15, 0.2) is 11.5 Å². The molecule has 3 aromatic rings. The Labute approximate surface area is 197 Å². The van der Waals surface area contributed by atoms with Crippen LogP contribution in [-0.2, 0) is 11.8 Å². The summed E-state index contributed by atoms with van der Waals surface area (Å²) in [5, 5.41) is 12.2. The summed E-state index contributed by atoms with van der Waals surface area (Å²) < 4.78 is 19.4. The van der Waals surface area contributed by atoms with Crippen LogP contribution in [-0.4, -0.2) is 36.1 Å². The second-order valence-electron chi connectivity index (χ2n) is 7.25. The van der Waals surface area contributed by atoms with Crippen LogP contribution in [0.3, 0.4) is 0 Å². The Morgan fingerprint density at radius 2 is 1.76 bits per heavy atom. The molecule has 1 aromatic heterocycles. The fourth-order valence-electron chi connectivity index (χ4n) is 3.48. The van der Waals surface area contributed by atoms with Crippen molar-refractivity contribution in [1.29, 1.82) is 5.26 Å². The van der Waals surface area contributed by atoms with Gasteiger partial charge in [0.05, 0.1) is 32.2 Å². The molecule has 0 spiro atoms. The molecule has 0 unspecified atom stereocenters. The smallest absolute Gasteiger partial charge is 0.295 e. The van der Waals surface area contributed by atoms with Gasteiger partial charge in [-0.05, 0) is 49.8 Å². The molecule has 1 amide bonds. The number of anilines is 1. The molecule has 34 heavy (non-hydrogen) atoms. The Bertz CT molecular complexity index is 1300. The summed E-state index contributed by atoms with van der Waals surface area (Å²) in [4.78, 5) is 26.0. The van der Waals surface area contributed by atoms with E-state index >= 15 is 0 Å². The summed E-state index contributed by atoms with van der Waals surface area (Å²) in [5.41, 5.74) is 1.20. The maximum atomic E-state index is 13.1. The van der Waals surface area contributed by atoms with Gasteiger partial charge in [0.1, 0.15) is 17.3 Å². The number of nitriles is 1. The van der Waals surface area contributed by atoms with Crippen molar-refractivity contribution in [2.75, 3.05) is 26.1 Å². The Kier molecular flexibility index (Phi) is 7.43. The first kappa shape index (κ1) is 24.2. The number of methoxy groups -OCH3 is 2. The molecule has 0 saturated carbocycles. The highest BCUT2D eigenvalue weighted by Gasteiger charge is 2.20. The van der Waals surface area contributed by atoms with Crippen LogP contribution in [0.4, 0.5) is 5.69 Å². The van der Waals surface area contributed by atoms with E-state index in [1.54, 1.807) is 42.9 Å². The van der Waals surface area contributed by atoms with E-state index in [4.69, 9.17) is 14.2 Å². The summed E-state index contributed by atoms with van der Waals surface area (Å²) in [5.74, 6) is 0.513. The molecule has 0 radical (unpaired) electrons. The second-order valence-corrected chi connectivity index (χ2v) is 7.25. The number of ether oxygens (including phenoxy) is 3. The third kappa shape index (κ3) is 4.66. The minimum absolute atomic E-state index is 0.0966. The molecule has 2 aromatic carbocycles. The number of carbonyl (C=O) groups excluding carboxylic acids is 1. The molecule has 1 heterocycles. The van der Waals surface area contributed by atoms with Crippen molar-refractivity contribution < 1.29 is 19.0 Å². The molecule has 9 heteroatoms. The molecule has 0 bridgehead atoms. The van der Waals surface area contributed by atoms with Crippen molar-refractivity contribution in [1.82, 2.24) is 9.36 Å². The summed E-state index contributed by atoms with van der Waals surface area (Å²) in [6.45, 7) is 3.96. The fraction of sp³-hybridized carbons (Fsp3) is 0.240. The van der Waals surface area contributed by atoms with Crippen LogP contribution in [0.25, 0.3) is 11.8 Å². The van der Waals surface area contributed by atoms with E-state index in [-0.39, 0.29) is 11.3 Å². The Morgan fingerprint density at radius 1 is 1.15 bits per heavy atom. The van der Waals surface area contributed by atoms with E-state index in [0.29, 0.717) is 40.8 Å². The molecule has 0 atom stereocenters. The SMILES string of the molecule is CCOc1c(OC)cc(/C=C(/C#N)C(=O)Nc2c(C)n(C)n(-c3ccccc3)c2=O)cc1OC. The molecular formula is C25H26N4O5. The maximum absolute atomic E-state index is 13.1. The number of para-hydroxylation sites is 1. The van der Waals surface area contributed by atoms with Gasteiger partial charge in [0, 0.05) is 7.05 Å². The third-order valence-electron chi connectivity index (χ3n) is 5.24. The van der Waals surface area contributed by atoms with E-state index < -0.39 is 11.5 Å². The number of aromatic nitrogens is 2. The summed E-state index contributed by atoms with van der Waals surface area (Å²) in [7, 11) is 4.69. The molecule has 0 fully saturated rings. The van der Waals surface area contributed by atoms with Crippen molar-refractivity contribution in [2.45, 2.75) is 13.8 Å². The quantitative estimate of drug-likeness (QED) is 0.406. The Balaban J connectivity index is 1.98. The Morgan fingerprint density at radius 3 is 2.29 bits per heavy atom.